The third kappa shape index (κ3) is 4.76. The van der Waals surface area contributed by atoms with Gasteiger partial charge in [-0.05, 0) is 35.5 Å². The van der Waals surface area contributed by atoms with Gasteiger partial charge >= 0.3 is 7.12 Å². The van der Waals surface area contributed by atoms with Crippen molar-refractivity contribution in [3.8, 4) is 0 Å². The summed E-state index contributed by atoms with van der Waals surface area (Å²) in [6.45, 7) is 5.11. The topological polar surface area (TPSA) is 49.7 Å². The van der Waals surface area contributed by atoms with Crippen molar-refractivity contribution in [2.75, 3.05) is 6.61 Å². The summed E-state index contributed by atoms with van der Waals surface area (Å²) < 4.78 is 18.5. The molecule has 18 heavy (non-hydrogen) atoms. The molecule has 0 saturated heterocycles. The molecule has 1 atom stereocenters. The fourth-order valence-electron chi connectivity index (χ4n) is 1.88. The van der Waals surface area contributed by atoms with E-state index in [4.69, 9.17) is 14.8 Å². The van der Waals surface area contributed by atoms with Crippen molar-refractivity contribution in [3.63, 3.8) is 0 Å². The van der Waals surface area contributed by atoms with Crippen LogP contribution in [0.15, 0.2) is 18.2 Å². The van der Waals surface area contributed by atoms with E-state index in [-0.39, 0.29) is 12.1 Å². The van der Waals surface area contributed by atoms with E-state index >= 15 is 0 Å². The second-order valence-electron chi connectivity index (χ2n) is 4.63. The van der Waals surface area contributed by atoms with Crippen molar-refractivity contribution < 1.29 is 19.2 Å². The first-order chi connectivity index (χ1) is 8.54. The first-order valence-corrected chi connectivity index (χ1v) is 6.26. The second kappa shape index (κ2) is 7.51. The van der Waals surface area contributed by atoms with Gasteiger partial charge < -0.3 is 14.8 Å². The minimum absolute atomic E-state index is 0.165. The molecule has 100 valence electrons. The van der Waals surface area contributed by atoms with Gasteiger partial charge in [0.2, 0.25) is 0 Å². The highest BCUT2D eigenvalue weighted by molar-refractivity contribution is 6.59. The molecule has 0 heterocycles. The quantitative estimate of drug-likeness (QED) is 0.724. The van der Waals surface area contributed by atoms with Gasteiger partial charge in [0.05, 0.1) is 6.61 Å². The Bertz CT molecular complexity index is 371. The van der Waals surface area contributed by atoms with Crippen molar-refractivity contribution in [2.24, 2.45) is 5.92 Å². The molecule has 1 aromatic carbocycles. The lowest BCUT2D eigenvalue weighted by Gasteiger charge is -2.13. The number of benzene rings is 1. The maximum atomic E-state index is 13.0. The van der Waals surface area contributed by atoms with E-state index in [9.17, 15) is 4.39 Å². The first-order valence-electron chi connectivity index (χ1n) is 6.26. The van der Waals surface area contributed by atoms with E-state index < -0.39 is 12.9 Å². The Morgan fingerprint density at radius 1 is 1.39 bits per heavy atom. The number of hydrogen-bond donors (Lipinski definition) is 2. The summed E-state index contributed by atoms with van der Waals surface area (Å²) in [6.07, 6.45) is 2.21. The lowest BCUT2D eigenvalue weighted by atomic mass is 9.77. The van der Waals surface area contributed by atoms with Gasteiger partial charge in [0, 0.05) is 6.61 Å². The maximum Gasteiger partial charge on any atom is 0.488 e. The molecule has 5 heteroatoms. The molecule has 0 aliphatic rings. The van der Waals surface area contributed by atoms with Crippen molar-refractivity contribution >= 4 is 12.6 Å². The van der Waals surface area contributed by atoms with Crippen LogP contribution in [0.2, 0.25) is 0 Å². The molecule has 0 aliphatic carbocycles. The summed E-state index contributed by atoms with van der Waals surface area (Å²) >= 11 is 0. The summed E-state index contributed by atoms with van der Waals surface area (Å²) in [5.74, 6) is -0.0147. The molecule has 2 N–H and O–H groups in total. The predicted molar refractivity (Wildman–Crippen MR) is 70.0 cm³/mol. The van der Waals surface area contributed by atoms with Crippen LogP contribution in [0.1, 0.15) is 32.3 Å². The summed E-state index contributed by atoms with van der Waals surface area (Å²) in [4.78, 5) is 0. The van der Waals surface area contributed by atoms with E-state index in [2.05, 4.69) is 13.8 Å². The van der Waals surface area contributed by atoms with Crippen LogP contribution in [0, 0.1) is 11.7 Å². The molecule has 0 bridgehead atoms. The molecular formula is C13H20BFO3. The Hall–Kier alpha value is -0.905. The zero-order valence-electron chi connectivity index (χ0n) is 10.9. The molecule has 0 aromatic heterocycles. The van der Waals surface area contributed by atoms with Crippen LogP contribution in [-0.4, -0.2) is 23.8 Å². The Kier molecular flexibility index (Phi) is 6.32. The molecule has 0 spiro atoms. The highest BCUT2D eigenvalue weighted by Gasteiger charge is 2.17. The van der Waals surface area contributed by atoms with E-state index in [0.29, 0.717) is 18.1 Å². The molecule has 1 aromatic rings. The van der Waals surface area contributed by atoms with Crippen LogP contribution in [0.25, 0.3) is 0 Å². The van der Waals surface area contributed by atoms with Crippen molar-refractivity contribution in [3.05, 3.63) is 29.6 Å². The smallest absolute Gasteiger partial charge is 0.423 e. The highest BCUT2D eigenvalue weighted by atomic mass is 19.1. The summed E-state index contributed by atoms with van der Waals surface area (Å²) in [7, 11) is -1.67. The van der Waals surface area contributed by atoms with E-state index in [0.717, 1.165) is 18.9 Å². The number of halogens is 1. The van der Waals surface area contributed by atoms with Crippen LogP contribution < -0.4 is 5.46 Å². The molecule has 3 nitrogen and oxygen atoms in total. The Balaban J connectivity index is 2.56. The van der Waals surface area contributed by atoms with Crippen molar-refractivity contribution in [1.82, 2.24) is 0 Å². The Morgan fingerprint density at radius 3 is 2.72 bits per heavy atom. The zero-order valence-corrected chi connectivity index (χ0v) is 10.9. The highest BCUT2D eigenvalue weighted by Crippen LogP contribution is 2.08. The zero-order chi connectivity index (χ0) is 13.5. The molecule has 0 saturated carbocycles. The first kappa shape index (κ1) is 15.2. The van der Waals surface area contributed by atoms with Gasteiger partial charge in [-0.25, -0.2) is 4.39 Å². The number of rotatable bonds is 7. The van der Waals surface area contributed by atoms with E-state index in [1.165, 1.54) is 12.1 Å². The van der Waals surface area contributed by atoms with Crippen LogP contribution >= 0.6 is 0 Å². The SMILES string of the molecule is CCCC(C)COCc1ccc(F)cc1B(O)O. The molecule has 1 rings (SSSR count). The monoisotopic (exact) mass is 254 g/mol. The van der Waals surface area contributed by atoms with Gasteiger partial charge in [0.15, 0.2) is 0 Å². The number of ether oxygens (including phenoxy) is 1. The fraction of sp³-hybridized carbons (Fsp3) is 0.538. The average molecular weight is 254 g/mol. The van der Waals surface area contributed by atoms with Crippen LogP contribution in [0.3, 0.4) is 0 Å². The maximum absolute atomic E-state index is 13.0. The van der Waals surface area contributed by atoms with E-state index in [1.807, 2.05) is 0 Å². The average Bonchev–Trinajstić information content (AvgIpc) is 2.31. The second-order valence-corrected chi connectivity index (χ2v) is 4.63. The molecule has 0 aliphatic heterocycles. The van der Waals surface area contributed by atoms with E-state index in [1.54, 1.807) is 0 Å². The van der Waals surface area contributed by atoms with Crippen molar-refractivity contribution in [2.45, 2.75) is 33.3 Å². The summed E-state index contributed by atoms with van der Waals surface area (Å²) in [6, 6.07) is 3.94. The molecular weight excluding hydrogens is 234 g/mol. The molecule has 0 amide bonds. The third-order valence-corrected chi connectivity index (χ3v) is 2.83. The lowest BCUT2D eigenvalue weighted by Crippen LogP contribution is -2.33. The standard InChI is InChI=1S/C13H20BFO3/c1-3-4-10(2)8-18-9-11-5-6-12(15)7-13(11)14(16)17/h5-7,10,16-17H,3-4,8-9H2,1-2H3. The van der Waals surface area contributed by atoms with Crippen LogP contribution in [-0.2, 0) is 11.3 Å². The third-order valence-electron chi connectivity index (χ3n) is 2.83. The predicted octanol–water partition coefficient (Wildman–Crippen LogP) is 1.46. The summed E-state index contributed by atoms with van der Waals surface area (Å²) in [5, 5.41) is 18.3. The lowest BCUT2D eigenvalue weighted by molar-refractivity contribution is 0.0896. The van der Waals surface area contributed by atoms with Gasteiger partial charge in [-0.3, -0.25) is 0 Å². The van der Waals surface area contributed by atoms with Crippen molar-refractivity contribution in [1.29, 1.82) is 0 Å². The fourth-order valence-corrected chi connectivity index (χ4v) is 1.88. The van der Waals surface area contributed by atoms with Crippen LogP contribution in [0.5, 0.6) is 0 Å². The van der Waals surface area contributed by atoms with Gasteiger partial charge in [-0.1, -0.05) is 26.3 Å². The van der Waals surface area contributed by atoms with Crippen LogP contribution in [0.4, 0.5) is 4.39 Å². The van der Waals surface area contributed by atoms with Gasteiger partial charge in [-0.15, -0.1) is 0 Å². The largest absolute Gasteiger partial charge is 0.488 e. The normalized spacial score (nSPS) is 12.5. The van der Waals surface area contributed by atoms with Gasteiger partial charge in [-0.2, -0.15) is 0 Å². The summed E-state index contributed by atoms with van der Waals surface area (Å²) in [5.41, 5.74) is 0.772. The molecule has 1 unspecified atom stereocenters. The minimum Gasteiger partial charge on any atom is -0.423 e. The van der Waals surface area contributed by atoms with Gasteiger partial charge in [0.25, 0.3) is 0 Å². The Labute approximate surface area is 108 Å². The minimum atomic E-state index is -1.67. The molecule has 0 radical (unpaired) electrons. The van der Waals surface area contributed by atoms with Gasteiger partial charge in [0.1, 0.15) is 5.82 Å². The molecule has 0 fully saturated rings. The number of hydrogen-bond acceptors (Lipinski definition) is 3. The Morgan fingerprint density at radius 2 is 2.11 bits per heavy atom.